The Balaban J connectivity index is 1.59. The second kappa shape index (κ2) is 5.19. The lowest BCUT2D eigenvalue weighted by atomic mass is 9.89. The minimum Gasteiger partial charge on any atom is -0.380 e. The van der Waals surface area contributed by atoms with Gasteiger partial charge in [-0.05, 0) is 49.4 Å². The molecule has 2 fully saturated rings. The van der Waals surface area contributed by atoms with Crippen LogP contribution in [0.3, 0.4) is 0 Å². The Morgan fingerprint density at radius 2 is 1.76 bits per heavy atom. The first-order chi connectivity index (χ1) is 8.42. The van der Waals surface area contributed by atoms with Crippen molar-refractivity contribution in [1.82, 2.24) is 5.32 Å². The first kappa shape index (κ1) is 11.2. The normalized spacial score (nSPS) is 22.4. The number of ether oxygens (including phenoxy) is 1. The van der Waals surface area contributed by atoms with Gasteiger partial charge < -0.3 is 10.1 Å². The van der Waals surface area contributed by atoms with E-state index >= 15 is 0 Å². The summed E-state index contributed by atoms with van der Waals surface area (Å²) in [5, 5.41) is 3.43. The van der Waals surface area contributed by atoms with Crippen molar-refractivity contribution in [3.05, 3.63) is 35.4 Å². The minimum absolute atomic E-state index is 0.655. The van der Waals surface area contributed by atoms with Crippen LogP contribution in [-0.4, -0.2) is 26.3 Å². The quantitative estimate of drug-likeness (QED) is 0.862. The molecule has 0 aromatic heterocycles. The summed E-state index contributed by atoms with van der Waals surface area (Å²) in [5.41, 5.74) is 2.95. The van der Waals surface area contributed by atoms with Crippen LogP contribution in [0.15, 0.2) is 24.3 Å². The molecule has 17 heavy (non-hydrogen) atoms. The molecular formula is C15H21NO. The molecule has 0 aliphatic carbocycles. The topological polar surface area (TPSA) is 21.3 Å². The molecule has 0 saturated carbocycles. The highest BCUT2D eigenvalue weighted by Crippen LogP contribution is 2.25. The van der Waals surface area contributed by atoms with Gasteiger partial charge >= 0.3 is 0 Å². The van der Waals surface area contributed by atoms with Gasteiger partial charge in [0.05, 0.1) is 13.2 Å². The van der Waals surface area contributed by atoms with Crippen molar-refractivity contribution in [2.45, 2.75) is 25.2 Å². The van der Waals surface area contributed by atoms with E-state index < -0.39 is 0 Å². The van der Waals surface area contributed by atoms with Crippen molar-refractivity contribution in [3.8, 4) is 0 Å². The molecule has 2 heterocycles. The highest BCUT2D eigenvalue weighted by molar-refractivity contribution is 5.26. The number of hydrogen-bond donors (Lipinski definition) is 1. The standard InChI is InChI=1S/C15H21NO/c1-3-14(15-10-17-11-15)4-2-12(1)9-13-5-7-16-8-6-13/h1-4,13,15-16H,5-11H2. The average molecular weight is 231 g/mol. The van der Waals surface area contributed by atoms with E-state index in [4.69, 9.17) is 4.74 Å². The molecule has 0 amide bonds. The molecule has 2 nitrogen and oxygen atoms in total. The molecule has 0 radical (unpaired) electrons. The van der Waals surface area contributed by atoms with Gasteiger partial charge in [0.25, 0.3) is 0 Å². The zero-order chi connectivity index (χ0) is 11.5. The van der Waals surface area contributed by atoms with Crippen molar-refractivity contribution in [1.29, 1.82) is 0 Å². The number of nitrogens with one attached hydrogen (secondary N) is 1. The van der Waals surface area contributed by atoms with Gasteiger partial charge in [0.2, 0.25) is 0 Å². The summed E-state index contributed by atoms with van der Waals surface area (Å²) in [6.45, 7) is 4.21. The molecule has 2 heteroatoms. The fourth-order valence-corrected chi connectivity index (χ4v) is 2.77. The Kier molecular flexibility index (Phi) is 3.44. The summed E-state index contributed by atoms with van der Waals surface area (Å²) in [6.07, 6.45) is 3.92. The van der Waals surface area contributed by atoms with Crippen LogP contribution in [-0.2, 0) is 11.2 Å². The molecule has 1 aromatic rings. The fourth-order valence-electron chi connectivity index (χ4n) is 2.77. The molecule has 0 unspecified atom stereocenters. The fraction of sp³-hybridized carbons (Fsp3) is 0.600. The van der Waals surface area contributed by atoms with Gasteiger partial charge in [0, 0.05) is 5.92 Å². The second-order valence-corrected chi connectivity index (χ2v) is 5.37. The molecule has 1 aromatic carbocycles. The molecule has 2 aliphatic heterocycles. The third-order valence-electron chi connectivity index (χ3n) is 4.07. The number of rotatable bonds is 3. The molecule has 2 aliphatic rings. The van der Waals surface area contributed by atoms with E-state index in [-0.39, 0.29) is 0 Å². The smallest absolute Gasteiger partial charge is 0.0557 e. The Labute approximate surface area is 103 Å². The third kappa shape index (κ3) is 2.70. The zero-order valence-corrected chi connectivity index (χ0v) is 10.3. The van der Waals surface area contributed by atoms with Gasteiger partial charge in [-0.25, -0.2) is 0 Å². The van der Waals surface area contributed by atoms with Gasteiger partial charge in [-0.15, -0.1) is 0 Å². The van der Waals surface area contributed by atoms with Gasteiger partial charge in [0.1, 0.15) is 0 Å². The maximum Gasteiger partial charge on any atom is 0.0557 e. The first-order valence-corrected chi connectivity index (χ1v) is 6.79. The number of hydrogen-bond acceptors (Lipinski definition) is 2. The summed E-state index contributed by atoms with van der Waals surface area (Å²) >= 11 is 0. The molecule has 0 spiro atoms. The average Bonchev–Trinajstić information content (AvgIpc) is 2.31. The van der Waals surface area contributed by atoms with Crippen molar-refractivity contribution >= 4 is 0 Å². The van der Waals surface area contributed by atoms with Crippen LogP contribution in [0.1, 0.15) is 29.9 Å². The third-order valence-corrected chi connectivity index (χ3v) is 4.07. The van der Waals surface area contributed by atoms with E-state index in [1.807, 2.05) is 0 Å². The van der Waals surface area contributed by atoms with E-state index in [2.05, 4.69) is 29.6 Å². The van der Waals surface area contributed by atoms with Crippen LogP contribution in [0.5, 0.6) is 0 Å². The first-order valence-electron chi connectivity index (χ1n) is 6.79. The predicted octanol–water partition coefficient (Wildman–Crippen LogP) is 2.34. The van der Waals surface area contributed by atoms with Crippen LogP contribution in [0.4, 0.5) is 0 Å². The molecule has 3 rings (SSSR count). The Hall–Kier alpha value is -0.860. The van der Waals surface area contributed by atoms with Crippen molar-refractivity contribution in [3.63, 3.8) is 0 Å². The van der Waals surface area contributed by atoms with Gasteiger partial charge in [-0.1, -0.05) is 24.3 Å². The lowest BCUT2D eigenvalue weighted by molar-refractivity contribution is 0.00841. The van der Waals surface area contributed by atoms with E-state index in [1.54, 1.807) is 0 Å². The summed E-state index contributed by atoms with van der Waals surface area (Å²) in [7, 11) is 0. The number of piperidine rings is 1. The van der Waals surface area contributed by atoms with Gasteiger partial charge in [0.15, 0.2) is 0 Å². The zero-order valence-electron chi connectivity index (χ0n) is 10.3. The van der Waals surface area contributed by atoms with E-state index in [1.165, 1.54) is 43.5 Å². The van der Waals surface area contributed by atoms with Crippen molar-refractivity contribution in [2.24, 2.45) is 5.92 Å². The highest BCUT2D eigenvalue weighted by Gasteiger charge is 2.20. The Bertz CT molecular complexity index is 350. The van der Waals surface area contributed by atoms with Crippen LogP contribution >= 0.6 is 0 Å². The maximum atomic E-state index is 5.23. The largest absolute Gasteiger partial charge is 0.380 e. The van der Waals surface area contributed by atoms with Gasteiger partial charge in [-0.2, -0.15) is 0 Å². The lowest BCUT2D eigenvalue weighted by Gasteiger charge is -2.27. The SMILES string of the molecule is c1cc(C2COC2)ccc1CC1CCNCC1. The van der Waals surface area contributed by atoms with Crippen LogP contribution in [0.2, 0.25) is 0 Å². The van der Waals surface area contributed by atoms with E-state index in [0.29, 0.717) is 5.92 Å². The van der Waals surface area contributed by atoms with E-state index in [9.17, 15) is 0 Å². The summed E-state index contributed by atoms with van der Waals surface area (Å²) in [5.74, 6) is 1.54. The second-order valence-electron chi connectivity index (χ2n) is 5.37. The highest BCUT2D eigenvalue weighted by atomic mass is 16.5. The molecule has 2 saturated heterocycles. The molecule has 0 bridgehead atoms. The Morgan fingerprint density at radius 3 is 2.35 bits per heavy atom. The van der Waals surface area contributed by atoms with Crippen molar-refractivity contribution < 1.29 is 4.74 Å². The number of benzene rings is 1. The summed E-state index contributed by atoms with van der Waals surface area (Å²) in [4.78, 5) is 0. The maximum absolute atomic E-state index is 5.23. The predicted molar refractivity (Wildman–Crippen MR) is 69.3 cm³/mol. The molecule has 0 atom stereocenters. The monoisotopic (exact) mass is 231 g/mol. The Morgan fingerprint density at radius 1 is 1.06 bits per heavy atom. The van der Waals surface area contributed by atoms with E-state index in [0.717, 1.165) is 19.1 Å². The van der Waals surface area contributed by atoms with Gasteiger partial charge in [-0.3, -0.25) is 0 Å². The molecule has 1 N–H and O–H groups in total. The van der Waals surface area contributed by atoms with Crippen LogP contribution < -0.4 is 5.32 Å². The summed E-state index contributed by atoms with van der Waals surface area (Å²) < 4.78 is 5.23. The molecular weight excluding hydrogens is 210 g/mol. The summed E-state index contributed by atoms with van der Waals surface area (Å²) in [6, 6.07) is 9.22. The van der Waals surface area contributed by atoms with Crippen LogP contribution in [0, 0.1) is 5.92 Å². The molecule has 92 valence electrons. The van der Waals surface area contributed by atoms with Crippen molar-refractivity contribution in [2.75, 3.05) is 26.3 Å². The van der Waals surface area contributed by atoms with Crippen LogP contribution in [0.25, 0.3) is 0 Å². The minimum atomic E-state index is 0.655. The lowest BCUT2D eigenvalue weighted by Crippen LogP contribution is -2.28.